The zero-order valence-corrected chi connectivity index (χ0v) is 10.5. The normalized spacial score (nSPS) is 13.5. The number of carboxylic acids is 2. The van der Waals surface area contributed by atoms with Crippen molar-refractivity contribution in [1.29, 1.82) is 0 Å². The molecule has 19 heavy (non-hydrogen) atoms. The van der Waals surface area contributed by atoms with Crippen molar-refractivity contribution in [2.24, 2.45) is 0 Å². The third-order valence-corrected chi connectivity index (χ3v) is 3.10. The number of carboxylic acid groups (broad SMARTS) is 2. The van der Waals surface area contributed by atoms with Gasteiger partial charge in [0.15, 0.2) is 0 Å². The van der Waals surface area contributed by atoms with Crippen LogP contribution in [0, 0.1) is 0 Å². The van der Waals surface area contributed by atoms with E-state index in [-0.39, 0.29) is 12.8 Å². The van der Waals surface area contributed by atoms with Crippen LogP contribution in [0.25, 0.3) is 0 Å². The van der Waals surface area contributed by atoms with Crippen molar-refractivity contribution in [3.63, 3.8) is 0 Å². The van der Waals surface area contributed by atoms with Crippen LogP contribution in [0.5, 0.6) is 0 Å². The van der Waals surface area contributed by atoms with Gasteiger partial charge in [-0.2, -0.15) is 0 Å². The van der Waals surface area contributed by atoms with E-state index in [1.54, 1.807) is 0 Å². The van der Waals surface area contributed by atoms with E-state index in [0.717, 1.165) is 11.4 Å². The van der Waals surface area contributed by atoms with E-state index in [1.807, 2.05) is 34.1 Å². The van der Waals surface area contributed by atoms with Gasteiger partial charge in [-0.1, -0.05) is 12.1 Å². The van der Waals surface area contributed by atoms with Gasteiger partial charge < -0.3 is 20.0 Å². The minimum atomic E-state index is -0.832. The lowest BCUT2D eigenvalue weighted by Crippen LogP contribution is -2.33. The molecule has 0 saturated heterocycles. The summed E-state index contributed by atoms with van der Waals surface area (Å²) in [5, 5.41) is 17.5. The van der Waals surface area contributed by atoms with Crippen LogP contribution in [-0.4, -0.2) is 41.9 Å². The molecule has 2 N–H and O–H groups in total. The summed E-state index contributed by atoms with van der Waals surface area (Å²) in [6.45, 7) is 1.39. The minimum absolute atomic E-state index is 0.0705. The third kappa shape index (κ3) is 3.15. The molecule has 1 aliphatic heterocycles. The Morgan fingerprint density at radius 3 is 1.74 bits per heavy atom. The van der Waals surface area contributed by atoms with Crippen molar-refractivity contribution in [3.05, 3.63) is 24.3 Å². The highest BCUT2D eigenvalue weighted by atomic mass is 16.4. The number of hydrogen-bond acceptors (Lipinski definition) is 4. The highest BCUT2D eigenvalue weighted by Gasteiger charge is 2.25. The Bertz CT molecular complexity index is 446. The molecular formula is C13H16N2O4. The zero-order chi connectivity index (χ0) is 13.8. The number of fused-ring (bicyclic) bond motifs is 1. The molecule has 0 unspecified atom stereocenters. The van der Waals surface area contributed by atoms with Crippen LogP contribution in [0.4, 0.5) is 11.4 Å². The van der Waals surface area contributed by atoms with Crippen LogP contribution in [0.15, 0.2) is 24.3 Å². The lowest BCUT2D eigenvalue weighted by Gasteiger charge is -2.20. The molecule has 0 aromatic heterocycles. The maximum atomic E-state index is 10.6. The molecule has 0 amide bonds. The van der Waals surface area contributed by atoms with E-state index < -0.39 is 11.9 Å². The number of carbonyl (C=O) groups is 2. The van der Waals surface area contributed by atoms with Crippen LogP contribution in [0.2, 0.25) is 0 Å². The van der Waals surface area contributed by atoms with E-state index in [9.17, 15) is 9.59 Å². The van der Waals surface area contributed by atoms with Gasteiger partial charge in [0.1, 0.15) is 0 Å². The first-order valence-electron chi connectivity index (χ1n) is 6.10. The van der Waals surface area contributed by atoms with Crippen molar-refractivity contribution >= 4 is 23.3 Å². The Hall–Kier alpha value is -2.24. The molecule has 0 radical (unpaired) electrons. The highest BCUT2D eigenvalue weighted by Crippen LogP contribution is 2.35. The van der Waals surface area contributed by atoms with Crippen molar-refractivity contribution in [2.75, 3.05) is 29.6 Å². The van der Waals surface area contributed by atoms with Gasteiger partial charge in [-0.3, -0.25) is 9.59 Å². The molecule has 0 spiro atoms. The van der Waals surface area contributed by atoms with Crippen molar-refractivity contribution in [1.82, 2.24) is 0 Å². The summed E-state index contributed by atoms with van der Waals surface area (Å²) in [5.41, 5.74) is 1.93. The monoisotopic (exact) mass is 264 g/mol. The second-order valence-corrected chi connectivity index (χ2v) is 4.44. The quantitative estimate of drug-likeness (QED) is 0.804. The fraction of sp³-hybridized carbons (Fsp3) is 0.385. The fourth-order valence-corrected chi connectivity index (χ4v) is 2.20. The molecule has 2 rings (SSSR count). The molecule has 1 aromatic carbocycles. The van der Waals surface area contributed by atoms with Crippen LogP contribution in [0.3, 0.4) is 0 Å². The van der Waals surface area contributed by atoms with E-state index in [1.165, 1.54) is 0 Å². The van der Waals surface area contributed by atoms with Crippen molar-refractivity contribution < 1.29 is 19.8 Å². The number of nitrogens with zero attached hydrogens (tertiary/aromatic N) is 2. The topological polar surface area (TPSA) is 81.1 Å². The van der Waals surface area contributed by atoms with Gasteiger partial charge in [-0.25, -0.2) is 0 Å². The summed E-state index contributed by atoms with van der Waals surface area (Å²) < 4.78 is 0. The zero-order valence-electron chi connectivity index (χ0n) is 10.5. The average Bonchev–Trinajstić information content (AvgIpc) is 2.72. The molecule has 1 aromatic rings. The van der Waals surface area contributed by atoms with Crippen LogP contribution >= 0.6 is 0 Å². The molecule has 0 fully saturated rings. The molecule has 1 heterocycles. The summed E-state index contributed by atoms with van der Waals surface area (Å²) in [6, 6.07) is 7.65. The van der Waals surface area contributed by atoms with Crippen LogP contribution < -0.4 is 9.80 Å². The van der Waals surface area contributed by atoms with Gasteiger partial charge in [-0.15, -0.1) is 0 Å². The van der Waals surface area contributed by atoms with Gasteiger partial charge in [0.05, 0.1) is 30.9 Å². The Morgan fingerprint density at radius 2 is 1.37 bits per heavy atom. The molecule has 6 heteroatoms. The molecule has 0 saturated carbocycles. The number of benzene rings is 1. The number of rotatable bonds is 6. The SMILES string of the molecule is O=C(O)CCN1CN(CCC(=O)O)c2ccccc21. The van der Waals surface area contributed by atoms with E-state index in [0.29, 0.717) is 19.8 Å². The third-order valence-electron chi connectivity index (χ3n) is 3.10. The Labute approximate surface area is 110 Å². The first-order valence-corrected chi connectivity index (χ1v) is 6.10. The van der Waals surface area contributed by atoms with E-state index >= 15 is 0 Å². The molecule has 0 atom stereocenters. The smallest absolute Gasteiger partial charge is 0.305 e. The first-order chi connectivity index (χ1) is 9.08. The van der Waals surface area contributed by atoms with Gasteiger partial charge in [0.2, 0.25) is 0 Å². The maximum Gasteiger partial charge on any atom is 0.305 e. The molecular weight excluding hydrogens is 248 g/mol. The maximum absolute atomic E-state index is 10.6. The fourth-order valence-electron chi connectivity index (χ4n) is 2.20. The molecule has 0 aliphatic carbocycles. The Balaban J connectivity index is 2.09. The Kier molecular flexibility index (Phi) is 3.89. The number of aliphatic carboxylic acids is 2. The summed E-state index contributed by atoms with van der Waals surface area (Å²) >= 11 is 0. The second-order valence-electron chi connectivity index (χ2n) is 4.44. The van der Waals surface area contributed by atoms with E-state index in [2.05, 4.69) is 0 Å². The number of hydrogen-bond donors (Lipinski definition) is 2. The summed E-state index contributed by atoms with van der Waals surface area (Å²) in [4.78, 5) is 25.2. The largest absolute Gasteiger partial charge is 0.481 e. The predicted octanol–water partition coefficient (Wildman–Crippen LogP) is 1.22. The van der Waals surface area contributed by atoms with E-state index in [4.69, 9.17) is 10.2 Å². The molecule has 1 aliphatic rings. The molecule has 102 valence electrons. The molecule has 6 nitrogen and oxygen atoms in total. The van der Waals surface area contributed by atoms with Gasteiger partial charge >= 0.3 is 11.9 Å². The van der Waals surface area contributed by atoms with Gasteiger partial charge in [0, 0.05) is 13.1 Å². The van der Waals surface area contributed by atoms with Gasteiger partial charge in [-0.05, 0) is 12.1 Å². The Morgan fingerprint density at radius 1 is 0.947 bits per heavy atom. The summed E-state index contributed by atoms with van der Waals surface area (Å²) in [7, 11) is 0. The van der Waals surface area contributed by atoms with Crippen molar-refractivity contribution in [2.45, 2.75) is 12.8 Å². The first kappa shape index (κ1) is 13.2. The van der Waals surface area contributed by atoms with Crippen molar-refractivity contribution in [3.8, 4) is 0 Å². The summed E-state index contributed by atoms with van der Waals surface area (Å²) in [6.07, 6.45) is 0.141. The van der Waals surface area contributed by atoms with Gasteiger partial charge in [0.25, 0.3) is 0 Å². The average molecular weight is 264 g/mol. The minimum Gasteiger partial charge on any atom is -0.481 e. The standard InChI is InChI=1S/C13H16N2O4/c16-12(17)5-7-14-9-15(8-6-13(18)19)11-4-2-1-3-10(11)14/h1-4H,5-9H2,(H,16,17)(H,18,19). The van der Waals surface area contributed by atoms with Crippen LogP contribution in [-0.2, 0) is 9.59 Å². The highest BCUT2D eigenvalue weighted by molar-refractivity contribution is 5.78. The molecule has 0 bridgehead atoms. The van der Waals surface area contributed by atoms with Crippen LogP contribution in [0.1, 0.15) is 12.8 Å². The number of para-hydroxylation sites is 2. The number of anilines is 2. The summed E-state index contributed by atoms with van der Waals surface area (Å²) in [5.74, 6) is -1.66. The lowest BCUT2D eigenvalue weighted by atomic mass is 10.2. The second kappa shape index (κ2) is 5.60. The predicted molar refractivity (Wildman–Crippen MR) is 70.5 cm³/mol. The lowest BCUT2D eigenvalue weighted by molar-refractivity contribution is -0.137.